The normalized spacial score (nSPS) is 14.1. The van der Waals surface area contributed by atoms with Crippen LogP contribution in [0.1, 0.15) is 29.8 Å². The van der Waals surface area contributed by atoms with E-state index in [1.54, 1.807) is 25.1 Å². The predicted molar refractivity (Wildman–Crippen MR) is 79.0 cm³/mol. The van der Waals surface area contributed by atoms with E-state index < -0.39 is 5.60 Å². The molecule has 1 amide bonds. The Labute approximate surface area is 120 Å². The van der Waals surface area contributed by atoms with Gasteiger partial charge in [-0.15, -0.1) is 0 Å². The molecule has 0 spiro atoms. The highest BCUT2D eigenvalue weighted by molar-refractivity contribution is 5.97. The van der Waals surface area contributed by atoms with E-state index in [1.165, 1.54) is 0 Å². The third-order valence-electron chi connectivity index (χ3n) is 3.03. The van der Waals surface area contributed by atoms with Crippen molar-refractivity contribution in [1.29, 1.82) is 0 Å². The SMILES string of the molecule is CCc1cccc(C(=O)NCC(C)(O)CN(C)C)c1O. The van der Waals surface area contributed by atoms with E-state index in [0.717, 1.165) is 5.56 Å². The number of carbonyl (C=O) groups is 1. The van der Waals surface area contributed by atoms with E-state index in [0.29, 0.717) is 13.0 Å². The van der Waals surface area contributed by atoms with Crippen LogP contribution in [0.3, 0.4) is 0 Å². The molecule has 5 nitrogen and oxygen atoms in total. The molecule has 1 unspecified atom stereocenters. The van der Waals surface area contributed by atoms with Gasteiger partial charge in [-0.05, 0) is 39.1 Å². The third-order valence-corrected chi connectivity index (χ3v) is 3.03. The van der Waals surface area contributed by atoms with Crippen molar-refractivity contribution in [3.05, 3.63) is 29.3 Å². The molecule has 0 aliphatic heterocycles. The molecule has 0 aliphatic rings. The minimum atomic E-state index is -1.02. The standard InChI is InChI=1S/C15H24N2O3/c1-5-11-7-6-8-12(13(11)18)14(19)16-9-15(2,20)10-17(3)4/h6-8,18,20H,5,9-10H2,1-4H3,(H,16,19). The molecule has 0 fully saturated rings. The maximum absolute atomic E-state index is 12.1. The van der Waals surface area contributed by atoms with Gasteiger partial charge in [0.15, 0.2) is 0 Å². The van der Waals surface area contributed by atoms with E-state index in [1.807, 2.05) is 25.9 Å². The molecule has 1 rings (SSSR count). The van der Waals surface area contributed by atoms with E-state index in [-0.39, 0.29) is 23.8 Å². The van der Waals surface area contributed by atoms with Gasteiger partial charge in [-0.2, -0.15) is 0 Å². The minimum absolute atomic E-state index is 0.0137. The highest BCUT2D eigenvalue weighted by Gasteiger charge is 2.23. The maximum atomic E-state index is 12.1. The summed E-state index contributed by atoms with van der Waals surface area (Å²) in [6.07, 6.45) is 0.658. The molecular formula is C15H24N2O3. The number of aryl methyl sites for hydroxylation is 1. The van der Waals surface area contributed by atoms with Gasteiger partial charge in [0.1, 0.15) is 5.75 Å². The van der Waals surface area contributed by atoms with Crippen LogP contribution in [0.15, 0.2) is 18.2 Å². The first-order chi connectivity index (χ1) is 9.26. The monoisotopic (exact) mass is 280 g/mol. The van der Waals surface area contributed by atoms with Crippen LogP contribution < -0.4 is 5.32 Å². The van der Waals surface area contributed by atoms with Crippen LogP contribution in [0.25, 0.3) is 0 Å². The lowest BCUT2D eigenvalue weighted by Gasteiger charge is -2.27. The molecule has 0 bridgehead atoms. The van der Waals surface area contributed by atoms with Gasteiger partial charge in [0.2, 0.25) is 0 Å². The second-order valence-corrected chi connectivity index (χ2v) is 5.58. The zero-order valence-electron chi connectivity index (χ0n) is 12.6. The molecule has 0 aromatic heterocycles. The number of phenols is 1. The molecule has 20 heavy (non-hydrogen) atoms. The summed E-state index contributed by atoms with van der Waals surface area (Å²) in [6, 6.07) is 5.10. The van der Waals surface area contributed by atoms with Crippen molar-refractivity contribution in [2.45, 2.75) is 25.9 Å². The molecule has 1 atom stereocenters. The van der Waals surface area contributed by atoms with Crippen LogP contribution in [0.2, 0.25) is 0 Å². The first kappa shape index (κ1) is 16.5. The summed E-state index contributed by atoms with van der Waals surface area (Å²) < 4.78 is 0. The van der Waals surface area contributed by atoms with Gasteiger partial charge in [0, 0.05) is 13.1 Å². The van der Waals surface area contributed by atoms with Crippen molar-refractivity contribution in [1.82, 2.24) is 10.2 Å². The van der Waals surface area contributed by atoms with Crippen LogP contribution in [0, 0.1) is 0 Å². The van der Waals surface area contributed by atoms with Crippen molar-refractivity contribution in [2.75, 3.05) is 27.2 Å². The van der Waals surface area contributed by atoms with Crippen molar-refractivity contribution in [2.24, 2.45) is 0 Å². The van der Waals surface area contributed by atoms with Gasteiger partial charge in [0.25, 0.3) is 5.91 Å². The summed E-state index contributed by atoms with van der Waals surface area (Å²) in [7, 11) is 3.71. The Bertz CT molecular complexity index is 470. The molecule has 0 aliphatic carbocycles. The average molecular weight is 280 g/mol. The summed E-state index contributed by atoms with van der Waals surface area (Å²) in [5.41, 5.74) is -0.0420. The largest absolute Gasteiger partial charge is 0.507 e. The Balaban J connectivity index is 2.73. The van der Waals surface area contributed by atoms with E-state index in [9.17, 15) is 15.0 Å². The van der Waals surface area contributed by atoms with Crippen molar-refractivity contribution >= 4 is 5.91 Å². The smallest absolute Gasteiger partial charge is 0.255 e. The van der Waals surface area contributed by atoms with Gasteiger partial charge in [-0.3, -0.25) is 4.79 Å². The summed E-state index contributed by atoms with van der Waals surface area (Å²) in [5, 5.41) is 22.8. The molecule has 0 heterocycles. The Morgan fingerprint density at radius 2 is 2.05 bits per heavy atom. The number of aliphatic hydroxyl groups is 1. The number of phenolic OH excluding ortho intramolecular Hbond substituents is 1. The highest BCUT2D eigenvalue weighted by Crippen LogP contribution is 2.22. The quantitative estimate of drug-likeness (QED) is 0.727. The van der Waals surface area contributed by atoms with Gasteiger partial charge in [0.05, 0.1) is 11.2 Å². The van der Waals surface area contributed by atoms with Crippen LogP contribution in [0.4, 0.5) is 0 Å². The first-order valence-electron chi connectivity index (χ1n) is 6.73. The fourth-order valence-electron chi connectivity index (χ4n) is 2.16. The Morgan fingerprint density at radius 1 is 1.40 bits per heavy atom. The molecule has 0 saturated heterocycles. The molecule has 0 radical (unpaired) electrons. The van der Waals surface area contributed by atoms with Crippen LogP contribution in [0.5, 0.6) is 5.75 Å². The number of amides is 1. The van der Waals surface area contributed by atoms with Gasteiger partial charge < -0.3 is 20.4 Å². The number of likely N-dealkylation sites (N-methyl/N-ethyl adjacent to an activating group) is 1. The Morgan fingerprint density at radius 3 is 2.60 bits per heavy atom. The third kappa shape index (κ3) is 4.51. The fourth-order valence-corrected chi connectivity index (χ4v) is 2.16. The molecule has 0 saturated carbocycles. The van der Waals surface area contributed by atoms with Crippen molar-refractivity contribution in [3.8, 4) is 5.75 Å². The fraction of sp³-hybridized carbons (Fsp3) is 0.533. The van der Waals surface area contributed by atoms with Crippen LogP contribution >= 0.6 is 0 Å². The number of benzene rings is 1. The van der Waals surface area contributed by atoms with E-state index in [2.05, 4.69) is 5.32 Å². The number of aromatic hydroxyl groups is 1. The average Bonchev–Trinajstić information content (AvgIpc) is 2.35. The van der Waals surface area contributed by atoms with Crippen molar-refractivity contribution in [3.63, 3.8) is 0 Å². The van der Waals surface area contributed by atoms with Gasteiger partial charge in [-0.25, -0.2) is 0 Å². The number of rotatable bonds is 6. The zero-order valence-corrected chi connectivity index (χ0v) is 12.6. The second kappa shape index (κ2) is 6.72. The van der Waals surface area contributed by atoms with Crippen LogP contribution in [-0.4, -0.2) is 53.8 Å². The lowest BCUT2D eigenvalue weighted by molar-refractivity contribution is 0.0325. The number of para-hydroxylation sites is 1. The molecule has 1 aromatic carbocycles. The number of carbonyl (C=O) groups excluding carboxylic acids is 1. The highest BCUT2D eigenvalue weighted by atomic mass is 16.3. The summed E-state index contributed by atoms with van der Waals surface area (Å²) >= 11 is 0. The number of hydrogen-bond acceptors (Lipinski definition) is 4. The first-order valence-corrected chi connectivity index (χ1v) is 6.73. The minimum Gasteiger partial charge on any atom is -0.507 e. The molecule has 112 valence electrons. The maximum Gasteiger partial charge on any atom is 0.255 e. The molecule has 3 N–H and O–H groups in total. The molecular weight excluding hydrogens is 256 g/mol. The van der Waals surface area contributed by atoms with Crippen LogP contribution in [-0.2, 0) is 6.42 Å². The Kier molecular flexibility index (Phi) is 5.53. The number of nitrogens with one attached hydrogen (secondary N) is 1. The summed E-state index contributed by atoms with van der Waals surface area (Å²) in [4.78, 5) is 13.9. The molecule has 5 heteroatoms. The predicted octanol–water partition coefficient (Wildman–Crippen LogP) is 0.997. The molecule has 1 aromatic rings. The van der Waals surface area contributed by atoms with Gasteiger partial charge in [-0.1, -0.05) is 19.1 Å². The van der Waals surface area contributed by atoms with Gasteiger partial charge >= 0.3 is 0 Å². The summed E-state index contributed by atoms with van der Waals surface area (Å²) in [5.74, 6) is -0.364. The zero-order chi connectivity index (χ0) is 15.3. The van der Waals surface area contributed by atoms with E-state index in [4.69, 9.17) is 0 Å². The Hall–Kier alpha value is -1.59. The lowest BCUT2D eigenvalue weighted by Crippen LogP contribution is -2.47. The topological polar surface area (TPSA) is 72.8 Å². The number of hydrogen-bond donors (Lipinski definition) is 3. The van der Waals surface area contributed by atoms with E-state index >= 15 is 0 Å². The second-order valence-electron chi connectivity index (χ2n) is 5.58. The lowest BCUT2D eigenvalue weighted by atomic mass is 10.0. The number of nitrogens with zero attached hydrogens (tertiary/aromatic N) is 1. The van der Waals surface area contributed by atoms with Crippen molar-refractivity contribution < 1.29 is 15.0 Å². The summed E-state index contributed by atoms with van der Waals surface area (Å²) in [6.45, 7) is 4.14.